The molecule has 0 bridgehead atoms. The number of hydrogen-bond donors (Lipinski definition) is 3. The Balaban J connectivity index is 1.76. The summed E-state index contributed by atoms with van der Waals surface area (Å²) in [4.78, 5) is 17.2. The summed E-state index contributed by atoms with van der Waals surface area (Å²) >= 11 is 0. The molecule has 0 unspecified atom stereocenters. The van der Waals surface area contributed by atoms with Crippen LogP contribution < -0.4 is 5.73 Å². The number of nitrogens with two attached hydrogens (primary N) is 1. The molecule has 1 aromatic heterocycles. The zero-order valence-corrected chi connectivity index (χ0v) is 11.5. The summed E-state index contributed by atoms with van der Waals surface area (Å²) in [5, 5.41) is 10.2. The van der Waals surface area contributed by atoms with Crippen molar-refractivity contribution in [3.05, 3.63) is 30.0 Å². The average Bonchev–Trinajstić information content (AvgIpc) is 2.81. The Morgan fingerprint density at radius 2 is 2.25 bits per heavy atom. The molecule has 1 heterocycles. The maximum absolute atomic E-state index is 12.4. The number of nitrogens with one attached hydrogen (secondary N) is 1. The van der Waals surface area contributed by atoms with Gasteiger partial charge in [-0.05, 0) is 30.9 Å². The van der Waals surface area contributed by atoms with E-state index < -0.39 is 0 Å². The summed E-state index contributed by atoms with van der Waals surface area (Å²) in [6.45, 7) is 0.681. The number of aromatic nitrogens is 1. The molecular weight excluding hydrogens is 254 g/mol. The number of aliphatic hydroxyl groups excluding tert-OH is 1. The number of nitrogens with zero attached hydrogens (tertiary/aromatic N) is 1. The second-order valence-corrected chi connectivity index (χ2v) is 5.67. The average molecular weight is 273 g/mol. The van der Waals surface area contributed by atoms with Gasteiger partial charge in [0.25, 0.3) is 5.91 Å². The molecule has 3 rings (SSSR count). The number of anilines is 1. The van der Waals surface area contributed by atoms with E-state index in [1.165, 1.54) is 0 Å². The first-order valence-corrected chi connectivity index (χ1v) is 6.85. The number of fused-ring (bicyclic) bond motifs is 1. The van der Waals surface area contributed by atoms with E-state index in [4.69, 9.17) is 5.73 Å². The van der Waals surface area contributed by atoms with E-state index in [1.54, 1.807) is 11.9 Å². The largest absolute Gasteiger partial charge is 0.397 e. The van der Waals surface area contributed by atoms with Crippen LogP contribution >= 0.6 is 0 Å². The van der Waals surface area contributed by atoms with Gasteiger partial charge in [-0.15, -0.1) is 0 Å². The quantitative estimate of drug-likeness (QED) is 0.743. The van der Waals surface area contributed by atoms with Crippen LogP contribution in [0, 0.1) is 5.92 Å². The molecule has 4 N–H and O–H groups in total. The number of hydrogen-bond acceptors (Lipinski definition) is 3. The summed E-state index contributed by atoms with van der Waals surface area (Å²) in [5.74, 6) is 0.371. The Hall–Kier alpha value is -2.01. The van der Waals surface area contributed by atoms with Gasteiger partial charge in [-0.3, -0.25) is 4.79 Å². The first kappa shape index (κ1) is 13.0. The third-order valence-corrected chi connectivity index (χ3v) is 4.01. The van der Waals surface area contributed by atoms with Crippen LogP contribution in [0.3, 0.4) is 0 Å². The van der Waals surface area contributed by atoms with Gasteiger partial charge in [0.2, 0.25) is 0 Å². The second-order valence-electron chi connectivity index (χ2n) is 5.67. The van der Waals surface area contributed by atoms with Gasteiger partial charge in [0.05, 0.1) is 17.3 Å². The molecule has 0 atom stereocenters. The lowest BCUT2D eigenvalue weighted by molar-refractivity contribution is 0.0264. The van der Waals surface area contributed by atoms with Crippen LogP contribution in [0.5, 0.6) is 0 Å². The van der Waals surface area contributed by atoms with E-state index in [0.717, 1.165) is 23.7 Å². The van der Waals surface area contributed by atoms with E-state index in [0.29, 0.717) is 23.8 Å². The zero-order chi connectivity index (χ0) is 14.3. The molecular formula is C15H19N3O2. The molecule has 106 valence electrons. The fraction of sp³-hybridized carbons (Fsp3) is 0.400. The molecule has 1 aromatic carbocycles. The molecule has 5 nitrogen and oxygen atoms in total. The predicted molar refractivity (Wildman–Crippen MR) is 78.4 cm³/mol. The topological polar surface area (TPSA) is 82.3 Å². The van der Waals surface area contributed by atoms with E-state index in [-0.39, 0.29) is 12.0 Å². The number of carbonyl (C=O) groups is 1. The Kier molecular flexibility index (Phi) is 3.14. The number of para-hydroxylation sites is 1. The van der Waals surface area contributed by atoms with Crippen molar-refractivity contribution in [2.24, 2.45) is 5.92 Å². The number of H-pyrrole nitrogens is 1. The third-order valence-electron chi connectivity index (χ3n) is 4.01. The number of benzene rings is 1. The number of aliphatic hydroxyl groups is 1. The van der Waals surface area contributed by atoms with Crippen LogP contribution in [0.1, 0.15) is 23.3 Å². The lowest BCUT2D eigenvalue weighted by Crippen LogP contribution is -2.39. The summed E-state index contributed by atoms with van der Waals surface area (Å²) in [6, 6.07) is 7.45. The van der Waals surface area contributed by atoms with Crippen LogP contribution in [-0.2, 0) is 0 Å². The number of aromatic amines is 1. The molecule has 20 heavy (non-hydrogen) atoms. The maximum atomic E-state index is 12.4. The van der Waals surface area contributed by atoms with Gasteiger partial charge in [-0.1, -0.05) is 12.1 Å². The number of carbonyl (C=O) groups excluding carboxylic acids is 1. The minimum atomic E-state index is -0.184. The smallest absolute Gasteiger partial charge is 0.270 e. The minimum Gasteiger partial charge on any atom is -0.397 e. The van der Waals surface area contributed by atoms with E-state index in [1.807, 2.05) is 24.3 Å². The Morgan fingerprint density at radius 3 is 2.90 bits per heavy atom. The summed E-state index contributed by atoms with van der Waals surface area (Å²) < 4.78 is 0. The Bertz CT molecular complexity index is 644. The molecule has 0 saturated heterocycles. The second kappa shape index (κ2) is 4.83. The van der Waals surface area contributed by atoms with Crippen molar-refractivity contribution in [1.82, 2.24) is 9.88 Å². The van der Waals surface area contributed by atoms with Gasteiger partial charge in [0, 0.05) is 19.0 Å². The molecule has 1 saturated carbocycles. The third kappa shape index (κ3) is 2.25. The Morgan fingerprint density at radius 1 is 1.50 bits per heavy atom. The van der Waals surface area contributed by atoms with Crippen molar-refractivity contribution in [3.8, 4) is 0 Å². The maximum Gasteiger partial charge on any atom is 0.270 e. The lowest BCUT2D eigenvalue weighted by atomic mass is 9.82. The standard InChI is InChI=1S/C15H19N3O2/c1-18(8-9-5-11(19)6-9)15(20)13-7-10-3-2-4-12(16)14(10)17-13/h2-4,7,9,11,17,19H,5-6,8,16H2,1H3. The highest BCUT2D eigenvalue weighted by atomic mass is 16.3. The molecule has 1 aliphatic rings. The Labute approximate surface area is 117 Å². The van der Waals surface area contributed by atoms with Crippen LogP contribution in [0.4, 0.5) is 5.69 Å². The zero-order valence-electron chi connectivity index (χ0n) is 11.5. The molecule has 0 spiro atoms. The molecule has 1 aliphatic carbocycles. The van der Waals surface area contributed by atoms with Gasteiger partial charge in [0.1, 0.15) is 5.69 Å². The summed E-state index contributed by atoms with van der Waals surface area (Å²) in [7, 11) is 1.79. The summed E-state index contributed by atoms with van der Waals surface area (Å²) in [5.41, 5.74) is 7.90. The van der Waals surface area contributed by atoms with E-state index in [2.05, 4.69) is 4.98 Å². The van der Waals surface area contributed by atoms with Crippen LogP contribution in [0.2, 0.25) is 0 Å². The van der Waals surface area contributed by atoms with Crippen LogP contribution in [0.15, 0.2) is 24.3 Å². The van der Waals surface area contributed by atoms with Gasteiger partial charge >= 0.3 is 0 Å². The number of nitrogen functional groups attached to an aromatic ring is 1. The van der Waals surface area contributed by atoms with Crippen molar-refractivity contribution in [2.45, 2.75) is 18.9 Å². The molecule has 0 radical (unpaired) electrons. The SMILES string of the molecule is CN(CC1CC(O)C1)C(=O)c1cc2cccc(N)c2[nH]1. The highest BCUT2D eigenvalue weighted by Gasteiger charge is 2.29. The number of rotatable bonds is 3. The highest BCUT2D eigenvalue weighted by molar-refractivity contribution is 6.00. The fourth-order valence-corrected chi connectivity index (χ4v) is 2.82. The van der Waals surface area contributed by atoms with Crippen molar-refractivity contribution < 1.29 is 9.90 Å². The van der Waals surface area contributed by atoms with Crippen molar-refractivity contribution >= 4 is 22.5 Å². The molecule has 5 heteroatoms. The number of amides is 1. The van der Waals surface area contributed by atoms with E-state index >= 15 is 0 Å². The van der Waals surface area contributed by atoms with Gasteiger partial charge in [-0.2, -0.15) is 0 Å². The van der Waals surface area contributed by atoms with Crippen molar-refractivity contribution in [1.29, 1.82) is 0 Å². The van der Waals surface area contributed by atoms with Crippen LogP contribution in [-0.4, -0.2) is 40.6 Å². The first-order chi connectivity index (χ1) is 9.54. The van der Waals surface area contributed by atoms with Crippen molar-refractivity contribution in [3.63, 3.8) is 0 Å². The van der Waals surface area contributed by atoms with Gasteiger partial charge < -0.3 is 20.7 Å². The highest BCUT2D eigenvalue weighted by Crippen LogP contribution is 2.28. The predicted octanol–water partition coefficient (Wildman–Crippen LogP) is 1.59. The monoisotopic (exact) mass is 273 g/mol. The molecule has 0 aliphatic heterocycles. The molecule has 1 fully saturated rings. The van der Waals surface area contributed by atoms with Crippen molar-refractivity contribution in [2.75, 3.05) is 19.3 Å². The van der Waals surface area contributed by atoms with E-state index in [9.17, 15) is 9.90 Å². The normalized spacial score (nSPS) is 21.7. The molecule has 1 amide bonds. The minimum absolute atomic E-state index is 0.0398. The van der Waals surface area contributed by atoms with Gasteiger partial charge in [0.15, 0.2) is 0 Å². The molecule has 2 aromatic rings. The van der Waals surface area contributed by atoms with Gasteiger partial charge in [-0.25, -0.2) is 0 Å². The fourth-order valence-electron chi connectivity index (χ4n) is 2.82. The lowest BCUT2D eigenvalue weighted by Gasteiger charge is -2.34. The first-order valence-electron chi connectivity index (χ1n) is 6.85. The van der Waals surface area contributed by atoms with Crippen LogP contribution in [0.25, 0.3) is 10.9 Å². The summed E-state index contributed by atoms with van der Waals surface area (Å²) in [6.07, 6.45) is 1.39.